The lowest BCUT2D eigenvalue weighted by molar-refractivity contribution is -0.116. The number of nitrogens with one attached hydrogen (secondary N) is 1. The van der Waals surface area contributed by atoms with E-state index in [4.69, 9.17) is 16.9 Å². The molecule has 0 radical (unpaired) electrons. The lowest BCUT2D eigenvalue weighted by Crippen LogP contribution is -2.39. The number of benzene rings is 2. The van der Waals surface area contributed by atoms with E-state index in [0.29, 0.717) is 52.9 Å². The van der Waals surface area contributed by atoms with Crippen LogP contribution in [0.3, 0.4) is 0 Å². The molecule has 0 saturated heterocycles. The predicted octanol–water partition coefficient (Wildman–Crippen LogP) is 3.23. The molecule has 1 aliphatic heterocycles. The van der Waals surface area contributed by atoms with E-state index < -0.39 is 0 Å². The Hall–Kier alpha value is -3.67. The third-order valence-corrected chi connectivity index (χ3v) is 5.55. The molecule has 0 saturated carbocycles. The van der Waals surface area contributed by atoms with Gasteiger partial charge in [0.05, 0.1) is 36.1 Å². The highest BCUT2D eigenvalue weighted by atomic mass is 35.5. The van der Waals surface area contributed by atoms with Crippen molar-refractivity contribution in [3.8, 4) is 17.3 Å². The van der Waals surface area contributed by atoms with E-state index >= 15 is 0 Å². The summed E-state index contributed by atoms with van der Waals surface area (Å²) in [5, 5.41) is 17.0. The predicted molar refractivity (Wildman–Crippen MR) is 126 cm³/mol. The Bertz CT molecular complexity index is 1240. The zero-order valence-electron chi connectivity index (χ0n) is 18.4. The molecule has 0 bridgehead atoms. The maximum atomic E-state index is 13.1. The van der Waals surface area contributed by atoms with Crippen LogP contribution in [0, 0.1) is 11.3 Å². The van der Waals surface area contributed by atoms with Crippen LogP contribution in [0.4, 0.5) is 5.69 Å². The van der Waals surface area contributed by atoms with Gasteiger partial charge in [0.15, 0.2) is 0 Å². The number of amides is 2. The SMILES string of the molecule is CN(C)CC(=O)Nc1cc(Cl)ccc1-c1cc2n(n1)CCN(Cc1ccc(C#N)cc1)C2=O. The molecule has 0 fully saturated rings. The van der Waals surface area contributed by atoms with Crippen LogP contribution in [0.1, 0.15) is 21.6 Å². The monoisotopic (exact) mass is 462 g/mol. The molecule has 8 nitrogen and oxygen atoms in total. The zero-order chi connectivity index (χ0) is 23.5. The summed E-state index contributed by atoms with van der Waals surface area (Å²) in [6, 6.07) is 16.3. The molecule has 1 N–H and O–H groups in total. The highest BCUT2D eigenvalue weighted by molar-refractivity contribution is 6.31. The number of fused-ring (bicyclic) bond motifs is 1. The number of halogens is 1. The van der Waals surface area contributed by atoms with E-state index in [1.807, 2.05) is 26.2 Å². The van der Waals surface area contributed by atoms with E-state index in [9.17, 15) is 9.59 Å². The van der Waals surface area contributed by atoms with Gasteiger partial charge in [-0.25, -0.2) is 0 Å². The number of aromatic nitrogens is 2. The normalized spacial score (nSPS) is 13.1. The molecular formula is C24H23ClN6O2. The first-order valence-corrected chi connectivity index (χ1v) is 10.8. The van der Waals surface area contributed by atoms with Gasteiger partial charge < -0.3 is 15.1 Å². The molecule has 0 spiro atoms. The average Bonchev–Trinajstić information content (AvgIpc) is 3.20. The van der Waals surface area contributed by atoms with Gasteiger partial charge in [0.25, 0.3) is 5.91 Å². The lowest BCUT2D eigenvalue weighted by atomic mass is 10.1. The fourth-order valence-corrected chi connectivity index (χ4v) is 3.92. The van der Waals surface area contributed by atoms with Crippen LogP contribution in [0.15, 0.2) is 48.5 Å². The standard InChI is InChI=1S/C24H23ClN6O2/c1-29(2)15-23(32)27-20-11-18(25)7-8-19(20)21-12-22-24(33)30(9-10-31(22)28-21)14-17-5-3-16(13-26)4-6-17/h3-8,11-12H,9-10,14-15H2,1-2H3,(H,27,32). The van der Waals surface area contributed by atoms with Crippen molar-refractivity contribution in [2.24, 2.45) is 0 Å². The van der Waals surface area contributed by atoms with Crippen LogP contribution in [0.5, 0.6) is 0 Å². The summed E-state index contributed by atoms with van der Waals surface area (Å²) in [7, 11) is 3.63. The Morgan fingerprint density at radius 1 is 1.18 bits per heavy atom. The van der Waals surface area contributed by atoms with E-state index in [-0.39, 0.29) is 18.4 Å². The second-order valence-electron chi connectivity index (χ2n) is 8.15. The summed E-state index contributed by atoms with van der Waals surface area (Å²) >= 11 is 6.17. The molecule has 1 aliphatic rings. The quantitative estimate of drug-likeness (QED) is 0.607. The molecule has 9 heteroatoms. The smallest absolute Gasteiger partial charge is 0.272 e. The summed E-state index contributed by atoms with van der Waals surface area (Å²) in [6.45, 7) is 1.78. The van der Waals surface area contributed by atoms with Crippen molar-refractivity contribution in [1.82, 2.24) is 19.6 Å². The van der Waals surface area contributed by atoms with Gasteiger partial charge in [-0.15, -0.1) is 0 Å². The summed E-state index contributed by atoms with van der Waals surface area (Å²) in [4.78, 5) is 29.0. The molecular weight excluding hydrogens is 440 g/mol. The van der Waals surface area contributed by atoms with Gasteiger partial charge in [0, 0.05) is 23.7 Å². The molecule has 2 heterocycles. The van der Waals surface area contributed by atoms with E-state index in [1.54, 1.807) is 50.9 Å². The molecule has 1 aromatic heterocycles. The van der Waals surface area contributed by atoms with Crippen LogP contribution in [0.25, 0.3) is 11.3 Å². The molecule has 2 amide bonds. The summed E-state index contributed by atoms with van der Waals surface area (Å²) in [5.41, 5.74) is 3.87. The van der Waals surface area contributed by atoms with E-state index in [1.165, 1.54) is 0 Å². The largest absolute Gasteiger partial charge is 0.331 e. The number of nitriles is 1. The van der Waals surface area contributed by atoms with Crippen molar-refractivity contribution in [2.45, 2.75) is 13.1 Å². The number of nitrogens with zero attached hydrogens (tertiary/aromatic N) is 5. The molecule has 0 aliphatic carbocycles. The molecule has 168 valence electrons. The van der Waals surface area contributed by atoms with E-state index in [2.05, 4.69) is 16.5 Å². The molecule has 3 aromatic rings. The Morgan fingerprint density at radius 3 is 2.64 bits per heavy atom. The third-order valence-electron chi connectivity index (χ3n) is 5.32. The van der Waals surface area contributed by atoms with Gasteiger partial charge in [-0.05, 0) is 56.1 Å². The average molecular weight is 463 g/mol. The topological polar surface area (TPSA) is 94.3 Å². The highest BCUT2D eigenvalue weighted by Crippen LogP contribution is 2.31. The number of carbonyl (C=O) groups excluding carboxylic acids is 2. The second-order valence-corrected chi connectivity index (χ2v) is 8.59. The fraction of sp³-hybridized carbons (Fsp3) is 0.250. The van der Waals surface area contributed by atoms with Gasteiger partial charge in [0.1, 0.15) is 5.69 Å². The van der Waals surface area contributed by atoms with Gasteiger partial charge >= 0.3 is 0 Å². The molecule has 2 aromatic carbocycles. The number of anilines is 1. The summed E-state index contributed by atoms with van der Waals surface area (Å²) in [6.07, 6.45) is 0. The molecule has 0 atom stereocenters. The second kappa shape index (κ2) is 9.45. The van der Waals surface area contributed by atoms with Crippen LogP contribution >= 0.6 is 11.6 Å². The Labute approximate surface area is 197 Å². The molecule has 0 unspecified atom stereocenters. The Balaban J connectivity index is 1.58. The van der Waals surface area contributed by atoms with Gasteiger partial charge in [-0.3, -0.25) is 14.3 Å². The van der Waals surface area contributed by atoms with Crippen LogP contribution in [-0.2, 0) is 17.9 Å². The number of carbonyl (C=O) groups is 2. The van der Waals surface area contributed by atoms with Crippen molar-refractivity contribution in [1.29, 1.82) is 5.26 Å². The van der Waals surface area contributed by atoms with Gasteiger partial charge in [0.2, 0.25) is 5.91 Å². The van der Waals surface area contributed by atoms with Crippen molar-refractivity contribution >= 4 is 29.1 Å². The fourth-order valence-electron chi connectivity index (χ4n) is 3.75. The van der Waals surface area contributed by atoms with Crippen molar-refractivity contribution < 1.29 is 9.59 Å². The zero-order valence-corrected chi connectivity index (χ0v) is 19.1. The number of hydrogen-bond acceptors (Lipinski definition) is 5. The summed E-state index contributed by atoms with van der Waals surface area (Å²) in [5.74, 6) is -0.284. The van der Waals surface area contributed by atoms with Gasteiger partial charge in [-0.1, -0.05) is 23.7 Å². The number of rotatable bonds is 6. The van der Waals surface area contributed by atoms with Crippen LogP contribution in [0.2, 0.25) is 5.02 Å². The van der Waals surface area contributed by atoms with E-state index in [0.717, 1.165) is 5.56 Å². The summed E-state index contributed by atoms with van der Waals surface area (Å²) < 4.78 is 1.70. The maximum absolute atomic E-state index is 13.1. The minimum Gasteiger partial charge on any atom is -0.331 e. The first kappa shape index (κ1) is 22.5. The van der Waals surface area contributed by atoms with Crippen LogP contribution < -0.4 is 5.32 Å². The van der Waals surface area contributed by atoms with Gasteiger partial charge in [-0.2, -0.15) is 10.4 Å². The third kappa shape index (κ3) is 5.06. The Kier molecular flexibility index (Phi) is 6.45. The molecule has 33 heavy (non-hydrogen) atoms. The minimum atomic E-state index is -0.169. The first-order chi connectivity index (χ1) is 15.8. The first-order valence-electron chi connectivity index (χ1n) is 10.4. The molecule has 4 rings (SSSR count). The Morgan fingerprint density at radius 2 is 1.94 bits per heavy atom. The number of likely N-dealkylation sites (N-methyl/N-ethyl adjacent to an activating group) is 1. The maximum Gasteiger partial charge on any atom is 0.272 e. The van der Waals surface area contributed by atoms with Crippen molar-refractivity contribution in [2.75, 3.05) is 32.5 Å². The highest BCUT2D eigenvalue weighted by Gasteiger charge is 2.27. The van der Waals surface area contributed by atoms with Crippen molar-refractivity contribution in [3.63, 3.8) is 0 Å². The lowest BCUT2D eigenvalue weighted by Gasteiger charge is -2.27. The van der Waals surface area contributed by atoms with Crippen LogP contribution in [-0.4, -0.2) is 58.6 Å². The minimum absolute atomic E-state index is 0.114. The van der Waals surface area contributed by atoms with Crippen molar-refractivity contribution in [3.05, 3.63) is 70.4 Å². The number of hydrogen-bond donors (Lipinski definition) is 1.